The van der Waals surface area contributed by atoms with Crippen molar-refractivity contribution in [2.75, 3.05) is 59.7 Å². The summed E-state index contributed by atoms with van der Waals surface area (Å²) in [5.41, 5.74) is 0.956. The molecule has 1 unspecified atom stereocenters. The molecule has 2 rings (SSSR count). The predicted octanol–water partition coefficient (Wildman–Crippen LogP) is 2.53. The highest BCUT2D eigenvalue weighted by Crippen LogP contribution is 2.16. The summed E-state index contributed by atoms with van der Waals surface area (Å²) in [5.74, 6) is 2.06. The molecule has 0 bridgehead atoms. The first-order chi connectivity index (χ1) is 14.6. The van der Waals surface area contributed by atoms with E-state index in [0.29, 0.717) is 37.6 Å². The molecule has 1 aliphatic heterocycles. The van der Waals surface area contributed by atoms with Crippen LogP contribution in [0.25, 0.3) is 0 Å². The van der Waals surface area contributed by atoms with E-state index in [9.17, 15) is 0 Å². The van der Waals surface area contributed by atoms with Gasteiger partial charge in [-0.1, -0.05) is 19.9 Å². The summed E-state index contributed by atoms with van der Waals surface area (Å²) in [7, 11) is 1.66. The third-order valence-electron chi connectivity index (χ3n) is 4.94. The van der Waals surface area contributed by atoms with E-state index in [0.717, 1.165) is 57.3 Å². The number of methoxy groups -OCH3 is 1. The number of halogens is 1. The van der Waals surface area contributed by atoms with Crippen LogP contribution in [0.5, 0.6) is 5.88 Å². The van der Waals surface area contributed by atoms with Crippen molar-refractivity contribution in [1.29, 1.82) is 0 Å². The molecule has 178 valence electrons. The standard InChI is InChI=1S/C22H39N5O3.HI/c1-5-23-22(25-16-19-7-6-8-24-21(19)30-14-13-28-4)26-17-20(15-18(2)3)27-9-11-29-12-10-27;/h6-8,18,20H,5,9-17H2,1-4H3,(H2,23,25,26);1H. The maximum absolute atomic E-state index is 5.73. The normalized spacial score (nSPS) is 16.0. The van der Waals surface area contributed by atoms with E-state index in [1.165, 1.54) is 0 Å². The first kappa shape index (κ1) is 27.9. The molecule has 0 amide bonds. The maximum atomic E-state index is 5.73. The molecule has 8 nitrogen and oxygen atoms in total. The minimum Gasteiger partial charge on any atom is -0.475 e. The first-order valence-electron chi connectivity index (χ1n) is 11.0. The van der Waals surface area contributed by atoms with E-state index < -0.39 is 0 Å². The van der Waals surface area contributed by atoms with Gasteiger partial charge in [0.2, 0.25) is 5.88 Å². The molecule has 0 saturated carbocycles. The van der Waals surface area contributed by atoms with Crippen LogP contribution in [0.3, 0.4) is 0 Å². The summed E-state index contributed by atoms with van der Waals surface area (Å²) >= 11 is 0. The lowest BCUT2D eigenvalue weighted by Gasteiger charge is -2.35. The van der Waals surface area contributed by atoms with E-state index in [2.05, 4.69) is 41.3 Å². The molecule has 1 aliphatic rings. The van der Waals surface area contributed by atoms with Crippen LogP contribution in [0.15, 0.2) is 23.3 Å². The Balaban J connectivity index is 0.00000480. The Kier molecular flexibility index (Phi) is 14.8. The van der Waals surface area contributed by atoms with Crippen molar-refractivity contribution in [2.24, 2.45) is 10.9 Å². The zero-order chi connectivity index (χ0) is 21.6. The number of pyridine rings is 1. The fourth-order valence-corrected chi connectivity index (χ4v) is 3.46. The molecule has 2 N–H and O–H groups in total. The van der Waals surface area contributed by atoms with Crippen LogP contribution in [0, 0.1) is 5.92 Å². The Morgan fingerprint density at radius 3 is 2.71 bits per heavy atom. The van der Waals surface area contributed by atoms with E-state index in [4.69, 9.17) is 19.2 Å². The van der Waals surface area contributed by atoms with Gasteiger partial charge in [-0.3, -0.25) is 4.90 Å². The Morgan fingerprint density at radius 2 is 2.03 bits per heavy atom. The number of nitrogens with zero attached hydrogens (tertiary/aromatic N) is 3. The van der Waals surface area contributed by atoms with Crippen molar-refractivity contribution in [3.8, 4) is 5.88 Å². The molecule has 1 atom stereocenters. The average Bonchev–Trinajstić information content (AvgIpc) is 2.76. The Hall–Kier alpha value is -1.17. The summed E-state index contributed by atoms with van der Waals surface area (Å²) < 4.78 is 16.3. The van der Waals surface area contributed by atoms with Crippen LogP contribution in [0.2, 0.25) is 0 Å². The van der Waals surface area contributed by atoms with Crippen molar-refractivity contribution in [2.45, 2.75) is 39.8 Å². The zero-order valence-electron chi connectivity index (χ0n) is 19.4. The molecule has 1 aromatic heterocycles. The molecular weight excluding hydrogens is 509 g/mol. The van der Waals surface area contributed by atoms with Gasteiger partial charge in [-0.2, -0.15) is 0 Å². The lowest BCUT2D eigenvalue weighted by Crippen LogP contribution is -2.51. The van der Waals surface area contributed by atoms with Crippen LogP contribution >= 0.6 is 24.0 Å². The number of morpholine rings is 1. The third kappa shape index (κ3) is 10.8. The second-order valence-electron chi connectivity index (χ2n) is 7.82. The van der Waals surface area contributed by atoms with Gasteiger partial charge in [0.15, 0.2) is 5.96 Å². The zero-order valence-corrected chi connectivity index (χ0v) is 21.8. The molecule has 0 radical (unpaired) electrons. The van der Waals surface area contributed by atoms with Crippen molar-refractivity contribution in [3.05, 3.63) is 23.9 Å². The number of rotatable bonds is 12. The molecule has 2 heterocycles. The van der Waals surface area contributed by atoms with Crippen LogP contribution in [-0.4, -0.2) is 81.6 Å². The molecular formula is C22H40IN5O3. The molecule has 0 aliphatic carbocycles. The van der Waals surface area contributed by atoms with Gasteiger partial charge in [-0.25, -0.2) is 9.98 Å². The van der Waals surface area contributed by atoms with E-state index >= 15 is 0 Å². The SMILES string of the molecule is CCNC(=NCc1cccnc1OCCOC)NCC(CC(C)C)N1CCOCC1.I. The molecule has 1 fully saturated rings. The van der Waals surface area contributed by atoms with Crippen LogP contribution in [-0.2, 0) is 16.0 Å². The molecule has 31 heavy (non-hydrogen) atoms. The van der Waals surface area contributed by atoms with Gasteiger partial charge in [0.05, 0.1) is 26.4 Å². The molecule has 9 heteroatoms. The smallest absolute Gasteiger partial charge is 0.218 e. The number of hydrogen-bond donors (Lipinski definition) is 2. The highest BCUT2D eigenvalue weighted by Gasteiger charge is 2.22. The summed E-state index contributed by atoms with van der Waals surface area (Å²) in [6.07, 6.45) is 2.88. The van der Waals surface area contributed by atoms with Gasteiger partial charge >= 0.3 is 0 Å². The minimum absolute atomic E-state index is 0. The molecule has 1 saturated heterocycles. The van der Waals surface area contributed by atoms with Crippen LogP contribution in [0.1, 0.15) is 32.8 Å². The second-order valence-corrected chi connectivity index (χ2v) is 7.82. The monoisotopic (exact) mass is 549 g/mol. The van der Waals surface area contributed by atoms with Crippen molar-refractivity contribution < 1.29 is 14.2 Å². The summed E-state index contributed by atoms with van der Waals surface area (Å²) in [4.78, 5) is 11.6. The van der Waals surface area contributed by atoms with E-state index in [1.54, 1.807) is 13.3 Å². The largest absolute Gasteiger partial charge is 0.475 e. The minimum atomic E-state index is 0. The van der Waals surface area contributed by atoms with E-state index in [-0.39, 0.29) is 24.0 Å². The summed E-state index contributed by atoms with van der Waals surface area (Å²) in [6.45, 7) is 13.4. The fraction of sp³-hybridized carbons (Fsp3) is 0.727. The van der Waals surface area contributed by atoms with Crippen LogP contribution in [0.4, 0.5) is 0 Å². The van der Waals surface area contributed by atoms with Crippen molar-refractivity contribution in [3.63, 3.8) is 0 Å². The first-order valence-corrected chi connectivity index (χ1v) is 11.0. The van der Waals surface area contributed by atoms with Gasteiger partial charge in [-0.05, 0) is 25.3 Å². The fourth-order valence-electron chi connectivity index (χ4n) is 3.46. The van der Waals surface area contributed by atoms with Crippen molar-refractivity contribution >= 4 is 29.9 Å². The number of ether oxygens (including phenoxy) is 3. The number of guanidine groups is 1. The highest BCUT2D eigenvalue weighted by molar-refractivity contribution is 14.0. The molecule has 0 spiro atoms. The average molecular weight is 549 g/mol. The van der Waals surface area contributed by atoms with Gasteiger partial charge in [-0.15, -0.1) is 24.0 Å². The topological polar surface area (TPSA) is 80.2 Å². The van der Waals surface area contributed by atoms with Gasteiger partial charge < -0.3 is 24.8 Å². The third-order valence-corrected chi connectivity index (χ3v) is 4.94. The lowest BCUT2D eigenvalue weighted by molar-refractivity contribution is 0.0132. The second kappa shape index (κ2) is 16.5. The van der Waals surface area contributed by atoms with Gasteiger partial charge in [0.1, 0.15) is 6.61 Å². The highest BCUT2D eigenvalue weighted by atomic mass is 127. The van der Waals surface area contributed by atoms with Crippen LogP contribution < -0.4 is 15.4 Å². The van der Waals surface area contributed by atoms with Gasteiger partial charge in [0, 0.05) is 51.1 Å². The Morgan fingerprint density at radius 1 is 1.26 bits per heavy atom. The summed E-state index contributed by atoms with van der Waals surface area (Å²) in [6, 6.07) is 4.37. The molecule has 0 aromatic carbocycles. The number of aliphatic imine (C=N–C) groups is 1. The van der Waals surface area contributed by atoms with E-state index in [1.807, 2.05) is 12.1 Å². The Bertz CT molecular complexity index is 627. The summed E-state index contributed by atoms with van der Waals surface area (Å²) in [5, 5.41) is 6.89. The number of nitrogens with one attached hydrogen (secondary N) is 2. The maximum Gasteiger partial charge on any atom is 0.218 e. The number of hydrogen-bond acceptors (Lipinski definition) is 6. The quantitative estimate of drug-likeness (QED) is 0.180. The Labute approximate surface area is 204 Å². The predicted molar refractivity (Wildman–Crippen MR) is 135 cm³/mol. The lowest BCUT2D eigenvalue weighted by atomic mass is 10.0. The van der Waals surface area contributed by atoms with Crippen molar-refractivity contribution in [1.82, 2.24) is 20.5 Å². The van der Waals surface area contributed by atoms with Gasteiger partial charge in [0.25, 0.3) is 0 Å². The molecule has 1 aromatic rings. The number of aromatic nitrogens is 1.